The summed E-state index contributed by atoms with van der Waals surface area (Å²) >= 11 is 0. The first-order chi connectivity index (χ1) is 15.6. The number of alkyl halides is 3. The lowest BCUT2D eigenvalue weighted by atomic mass is 10.0. The van der Waals surface area contributed by atoms with E-state index in [1.54, 1.807) is 0 Å². The Morgan fingerprint density at radius 2 is 1.48 bits per heavy atom. The molecule has 0 bridgehead atoms. The number of rotatable bonds is 3. The topological polar surface area (TPSA) is 111 Å². The number of nitrogens with zero attached hydrogens (tertiary/aromatic N) is 3. The van der Waals surface area contributed by atoms with Gasteiger partial charge in [-0.3, -0.25) is 19.2 Å². The van der Waals surface area contributed by atoms with Gasteiger partial charge in [0.2, 0.25) is 0 Å². The van der Waals surface area contributed by atoms with Crippen LogP contribution in [0.25, 0.3) is 5.69 Å². The Morgan fingerprint density at radius 3 is 2.00 bits per heavy atom. The Hall–Kier alpha value is -3.12. The Bertz CT molecular complexity index is 1040. The number of hydrogen-bond donors (Lipinski definition) is 3. The maximum Gasteiger partial charge on any atom is 0.490 e. The van der Waals surface area contributed by atoms with E-state index in [1.165, 1.54) is 35.4 Å². The molecule has 2 aliphatic rings. The minimum Gasteiger partial charge on any atom is -0.475 e. The molecule has 2 saturated heterocycles. The zero-order valence-corrected chi connectivity index (χ0v) is 17.8. The normalized spacial score (nSPS) is 17.8. The van der Waals surface area contributed by atoms with E-state index in [9.17, 15) is 22.8 Å². The average molecular weight is 469 g/mol. The number of halogens is 3. The number of carboxylic acid groups (broad SMARTS) is 1. The molecule has 180 valence electrons. The number of piperidine rings is 1. The largest absolute Gasteiger partial charge is 0.490 e. The van der Waals surface area contributed by atoms with Gasteiger partial charge >= 0.3 is 17.8 Å². The number of carbonyl (C=O) groups is 1. The standard InChI is InChI=1S/C19H25N5O2.C2HF3O2/c25-18-7-10-24(19(26)21-18)17-3-1-15(2-4-17)22-11-13-23(14-12-22)16-5-8-20-9-6-16;3-2(4,5)1(6)7/h1-4,7,10,16,20H,5-6,8-9,11-14H2,(H,21,25,26);(H,6,7). The van der Waals surface area contributed by atoms with E-state index in [2.05, 4.69) is 20.1 Å². The molecule has 12 heteroatoms. The van der Waals surface area contributed by atoms with Gasteiger partial charge in [-0.1, -0.05) is 0 Å². The van der Waals surface area contributed by atoms with E-state index in [4.69, 9.17) is 9.90 Å². The number of hydrogen-bond acceptors (Lipinski definition) is 6. The van der Waals surface area contributed by atoms with Crippen LogP contribution in [0.4, 0.5) is 18.9 Å². The van der Waals surface area contributed by atoms with Crippen LogP contribution in [0.3, 0.4) is 0 Å². The zero-order valence-electron chi connectivity index (χ0n) is 17.8. The minimum absolute atomic E-state index is 0.380. The molecule has 0 radical (unpaired) electrons. The number of H-pyrrole nitrogens is 1. The van der Waals surface area contributed by atoms with Crippen molar-refractivity contribution in [2.75, 3.05) is 44.2 Å². The van der Waals surface area contributed by atoms with Gasteiger partial charge in [0.05, 0.1) is 5.69 Å². The fourth-order valence-electron chi connectivity index (χ4n) is 3.96. The molecular weight excluding hydrogens is 443 g/mol. The van der Waals surface area contributed by atoms with Gasteiger partial charge in [0, 0.05) is 50.2 Å². The van der Waals surface area contributed by atoms with Gasteiger partial charge in [0.25, 0.3) is 5.56 Å². The van der Waals surface area contributed by atoms with Crippen molar-refractivity contribution in [2.24, 2.45) is 0 Å². The molecule has 33 heavy (non-hydrogen) atoms. The van der Waals surface area contributed by atoms with Crippen LogP contribution in [0.15, 0.2) is 46.1 Å². The summed E-state index contributed by atoms with van der Waals surface area (Å²) in [5, 5.41) is 10.6. The van der Waals surface area contributed by atoms with Crippen molar-refractivity contribution < 1.29 is 23.1 Å². The molecule has 0 unspecified atom stereocenters. The molecule has 3 heterocycles. The summed E-state index contributed by atoms with van der Waals surface area (Å²) in [7, 11) is 0. The van der Waals surface area contributed by atoms with Crippen molar-refractivity contribution in [1.82, 2.24) is 19.8 Å². The van der Waals surface area contributed by atoms with Crippen LogP contribution in [0.1, 0.15) is 12.8 Å². The third-order valence-corrected chi connectivity index (χ3v) is 5.70. The summed E-state index contributed by atoms with van der Waals surface area (Å²) in [5.74, 6) is -2.76. The van der Waals surface area contributed by atoms with Gasteiger partial charge in [0.1, 0.15) is 0 Å². The third-order valence-electron chi connectivity index (χ3n) is 5.70. The van der Waals surface area contributed by atoms with Crippen molar-refractivity contribution >= 4 is 11.7 Å². The van der Waals surface area contributed by atoms with Crippen LogP contribution in [-0.2, 0) is 4.79 Å². The number of aromatic nitrogens is 2. The molecule has 0 amide bonds. The molecule has 0 spiro atoms. The number of nitrogens with one attached hydrogen (secondary N) is 2. The Labute approximate surface area is 187 Å². The molecule has 2 aromatic rings. The van der Waals surface area contributed by atoms with Gasteiger partial charge in [-0.05, 0) is 50.2 Å². The molecule has 1 aromatic heterocycles. The van der Waals surface area contributed by atoms with Gasteiger partial charge < -0.3 is 15.3 Å². The van der Waals surface area contributed by atoms with E-state index >= 15 is 0 Å². The van der Waals surface area contributed by atoms with Crippen molar-refractivity contribution in [3.8, 4) is 5.69 Å². The van der Waals surface area contributed by atoms with Gasteiger partial charge in [-0.25, -0.2) is 9.59 Å². The predicted molar refractivity (Wildman–Crippen MR) is 116 cm³/mol. The van der Waals surface area contributed by atoms with E-state index in [0.717, 1.165) is 51.0 Å². The summed E-state index contributed by atoms with van der Waals surface area (Å²) in [6.45, 7) is 6.54. The highest BCUT2D eigenvalue weighted by Gasteiger charge is 2.38. The predicted octanol–water partition coefficient (Wildman–Crippen LogP) is 1.03. The molecule has 3 N–H and O–H groups in total. The first kappa shape index (κ1) is 24.5. The van der Waals surface area contributed by atoms with E-state index in [-0.39, 0.29) is 5.56 Å². The monoisotopic (exact) mass is 469 g/mol. The Balaban J connectivity index is 0.000000383. The lowest BCUT2D eigenvalue weighted by Crippen LogP contribution is -2.52. The van der Waals surface area contributed by atoms with Gasteiger partial charge in [-0.15, -0.1) is 0 Å². The maximum absolute atomic E-state index is 11.9. The summed E-state index contributed by atoms with van der Waals surface area (Å²) in [6, 6.07) is 10.0. The Kier molecular flexibility index (Phi) is 7.92. The second kappa shape index (κ2) is 10.7. The fourth-order valence-corrected chi connectivity index (χ4v) is 3.96. The van der Waals surface area contributed by atoms with E-state index < -0.39 is 17.8 Å². The zero-order chi connectivity index (χ0) is 24.0. The first-order valence-corrected chi connectivity index (χ1v) is 10.6. The highest BCUT2D eigenvalue weighted by molar-refractivity contribution is 5.73. The van der Waals surface area contributed by atoms with Crippen molar-refractivity contribution in [1.29, 1.82) is 0 Å². The van der Waals surface area contributed by atoms with Crippen molar-refractivity contribution in [2.45, 2.75) is 25.1 Å². The third kappa shape index (κ3) is 6.68. The average Bonchev–Trinajstić information content (AvgIpc) is 2.80. The number of carboxylic acids is 1. The smallest absolute Gasteiger partial charge is 0.475 e. The molecule has 2 aliphatic heterocycles. The molecular formula is C21H26F3N5O4. The van der Waals surface area contributed by atoms with Crippen LogP contribution in [0, 0.1) is 0 Å². The van der Waals surface area contributed by atoms with E-state index in [0.29, 0.717) is 0 Å². The molecule has 1 aromatic carbocycles. The summed E-state index contributed by atoms with van der Waals surface area (Å²) in [6.07, 6.45) is -1.07. The van der Waals surface area contributed by atoms with Crippen molar-refractivity contribution in [3.05, 3.63) is 57.4 Å². The lowest BCUT2D eigenvalue weighted by Gasteiger charge is -2.41. The lowest BCUT2D eigenvalue weighted by molar-refractivity contribution is -0.192. The number of aromatic amines is 1. The van der Waals surface area contributed by atoms with Crippen LogP contribution >= 0.6 is 0 Å². The van der Waals surface area contributed by atoms with Crippen LogP contribution in [-0.4, -0.2) is 77.0 Å². The number of piperazine rings is 1. The van der Waals surface area contributed by atoms with Crippen LogP contribution in [0.2, 0.25) is 0 Å². The number of aliphatic carboxylic acids is 1. The molecule has 0 aliphatic carbocycles. The Morgan fingerprint density at radius 1 is 0.939 bits per heavy atom. The SMILES string of the molecule is O=C(O)C(F)(F)F.O=c1ccn(-c2ccc(N3CCN(C4CCNCC4)CC3)cc2)c(=O)[nH]1. The van der Waals surface area contributed by atoms with Crippen molar-refractivity contribution in [3.63, 3.8) is 0 Å². The highest BCUT2D eigenvalue weighted by Crippen LogP contribution is 2.21. The summed E-state index contributed by atoms with van der Waals surface area (Å²) < 4.78 is 33.2. The summed E-state index contributed by atoms with van der Waals surface area (Å²) in [4.78, 5) is 39.3. The molecule has 0 saturated carbocycles. The first-order valence-electron chi connectivity index (χ1n) is 10.6. The fraction of sp³-hybridized carbons (Fsp3) is 0.476. The number of benzene rings is 1. The number of anilines is 1. The van der Waals surface area contributed by atoms with Gasteiger partial charge in [-0.2, -0.15) is 13.2 Å². The molecule has 9 nitrogen and oxygen atoms in total. The molecule has 2 fully saturated rings. The summed E-state index contributed by atoms with van der Waals surface area (Å²) in [5.41, 5.74) is 1.13. The minimum atomic E-state index is -5.08. The second-order valence-electron chi connectivity index (χ2n) is 7.80. The quantitative estimate of drug-likeness (QED) is 0.616. The van der Waals surface area contributed by atoms with Crippen LogP contribution < -0.4 is 21.5 Å². The molecule has 4 rings (SSSR count). The molecule has 0 atom stereocenters. The second-order valence-corrected chi connectivity index (χ2v) is 7.80. The highest BCUT2D eigenvalue weighted by atomic mass is 19.4. The maximum atomic E-state index is 11.9. The van der Waals surface area contributed by atoms with Crippen LogP contribution in [0.5, 0.6) is 0 Å². The van der Waals surface area contributed by atoms with E-state index in [1.807, 2.05) is 24.3 Å². The van der Waals surface area contributed by atoms with Gasteiger partial charge in [0.15, 0.2) is 0 Å².